The second kappa shape index (κ2) is 11.9. The number of para-hydroxylation sites is 2. The molecule has 5 aromatic rings. The molecular formula is C38H32N4O3S. The van der Waals surface area contributed by atoms with E-state index in [0.29, 0.717) is 49.9 Å². The fourth-order valence-corrected chi connectivity index (χ4v) is 7.32. The number of rotatable bonds is 6. The highest BCUT2D eigenvalue weighted by atomic mass is 32.1. The second-order valence-corrected chi connectivity index (χ2v) is 12.8. The van der Waals surface area contributed by atoms with Crippen LogP contribution in [0.5, 0.6) is 0 Å². The lowest BCUT2D eigenvalue weighted by Gasteiger charge is -2.25. The standard InChI is InChI=1S/C38H32N4O3S/c1-23(2)26-18-20-27(21-19-26)33-31(35(43)40-28-14-8-5-9-15-28)24(3)39-38-42(33)37(45)34(46-38)32-29-16-10-11-17-30(29)41(36(32)44)22-25-12-6-4-7-13-25/h4-21,23,33H,22H2,1-3H3,(H,40,43)/b34-32-/t33-/m0/s1. The Hall–Kier alpha value is -5.34. The summed E-state index contributed by atoms with van der Waals surface area (Å²) < 4.78 is 1.90. The van der Waals surface area contributed by atoms with Crippen molar-refractivity contribution < 1.29 is 9.59 Å². The summed E-state index contributed by atoms with van der Waals surface area (Å²) in [4.78, 5) is 49.7. The lowest BCUT2D eigenvalue weighted by Crippen LogP contribution is -2.41. The molecule has 0 saturated carbocycles. The Labute approximate surface area is 270 Å². The number of amides is 2. The molecule has 2 amide bonds. The van der Waals surface area contributed by atoms with Crippen molar-refractivity contribution in [1.82, 2.24) is 4.57 Å². The number of anilines is 2. The van der Waals surface area contributed by atoms with Gasteiger partial charge in [0.15, 0.2) is 4.80 Å². The van der Waals surface area contributed by atoms with Crippen molar-refractivity contribution in [1.29, 1.82) is 0 Å². The van der Waals surface area contributed by atoms with Gasteiger partial charge in [0.1, 0.15) is 4.53 Å². The highest BCUT2D eigenvalue weighted by molar-refractivity contribution is 7.07. The number of thiazole rings is 1. The van der Waals surface area contributed by atoms with Crippen LogP contribution in [0.2, 0.25) is 0 Å². The number of hydrogen-bond acceptors (Lipinski definition) is 5. The third kappa shape index (κ3) is 5.10. The maximum atomic E-state index is 14.6. The zero-order valence-corrected chi connectivity index (χ0v) is 26.5. The van der Waals surface area contributed by atoms with Gasteiger partial charge in [-0.15, -0.1) is 0 Å². The van der Waals surface area contributed by atoms with Crippen molar-refractivity contribution in [2.24, 2.45) is 4.99 Å². The second-order valence-electron chi connectivity index (χ2n) is 11.8. The molecule has 7 nitrogen and oxygen atoms in total. The highest BCUT2D eigenvalue weighted by Gasteiger charge is 2.37. The van der Waals surface area contributed by atoms with Gasteiger partial charge in [-0.25, -0.2) is 4.99 Å². The van der Waals surface area contributed by atoms with Crippen LogP contribution in [0.25, 0.3) is 5.57 Å². The summed E-state index contributed by atoms with van der Waals surface area (Å²) in [7, 11) is 0. The minimum Gasteiger partial charge on any atom is -0.322 e. The SMILES string of the molecule is CC1=C(C(=O)Nc2ccccc2)[C@H](c2ccc(C(C)C)cc2)n2c(s/c(=C3\C(=O)N(Cc4ccccc4)c4ccccc43)c2=O)=N1. The summed E-state index contributed by atoms with van der Waals surface area (Å²) in [6.45, 7) is 6.43. The molecule has 228 valence electrons. The molecule has 2 aliphatic rings. The molecule has 3 heterocycles. The fraction of sp³-hybridized carbons (Fsp3) is 0.158. The highest BCUT2D eigenvalue weighted by Crippen LogP contribution is 2.37. The maximum absolute atomic E-state index is 14.6. The Kier molecular flexibility index (Phi) is 7.58. The minimum atomic E-state index is -0.734. The van der Waals surface area contributed by atoms with E-state index < -0.39 is 6.04 Å². The van der Waals surface area contributed by atoms with E-state index in [1.807, 2.05) is 109 Å². The number of benzene rings is 4. The lowest BCUT2D eigenvalue weighted by atomic mass is 9.93. The van der Waals surface area contributed by atoms with Crippen molar-refractivity contribution >= 4 is 40.1 Å². The Morgan fingerprint density at radius 2 is 1.52 bits per heavy atom. The molecule has 7 rings (SSSR count). The first kappa shape index (κ1) is 29.4. The van der Waals surface area contributed by atoms with Gasteiger partial charge in [-0.2, -0.15) is 0 Å². The molecular weight excluding hydrogens is 593 g/mol. The van der Waals surface area contributed by atoms with Gasteiger partial charge >= 0.3 is 0 Å². The molecule has 0 fully saturated rings. The van der Waals surface area contributed by atoms with Crippen LogP contribution in [0, 0.1) is 0 Å². The lowest BCUT2D eigenvalue weighted by molar-refractivity contribution is -0.114. The molecule has 1 N–H and O–H groups in total. The molecule has 2 aliphatic heterocycles. The van der Waals surface area contributed by atoms with Gasteiger partial charge in [0.25, 0.3) is 17.4 Å². The number of fused-ring (bicyclic) bond motifs is 2. The van der Waals surface area contributed by atoms with Gasteiger partial charge in [-0.05, 0) is 47.7 Å². The van der Waals surface area contributed by atoms with Crippen molar-refractivity contribution in [2.45, 2.75) is 39.3 Å². The van der Waals surface area contributed by atoms with Gasteiger partial charge < -0.3 is 10.2 Å². The van der Waals surface area contributed by atoms with Crippen LogP contribution < -0.4 is 25.1 Å². The van der Waals surface area contributed by atoms with Gasteiger partial charge in [0.2, 0.25) is 0 Å². The van der Waals surface area contributed by atoms with Gasteiger partial charge in [0.05, 0.1) is 35.1 Å². The molecule has 46 heavy (non-hydrogen) atoms. The van der Waals surface area contributed by atoms with Crippen LogP contribution in [0.3, 0.4) is 0 Å². The van der Waals surface area contributed by atoms with Crippen LogP contribution in [0.1, 0.15) is 55.0 Å². The van der Waals surface area contributed by atoms with E-state index in [1.54, 1.807) is 16.4 Å². The first-order chi connectivity index (χ1) is 22.3. The summed E-state index contributed by atoms with van der Waals surface area (Å²) in [6, 6.07) is 33.9. The van der Waals surface area contributed by atoms with Crippen LogP contribution >= 0.6 is 11.3 Å². The Morgan fingerprint density at radius 1 is 0.870 bits per heavy atom. The van der Waals surface area contributed by atoms with E-state index in [9.17, 15) is 14.4 Å². The third-order valence-electron chi connectivity index (χ3n) is 8.53. The predicted molar refractivity (Wildman–Crippen MR) is 182 cm³/mol. The smallest absolute Gasteiger partial charge is 0.271 e. The summed E-state index contributed by atoms with van der Waals surface area (Å²) in [5, 5.41) is 3.00. The van der Waals surface area contributed by atoms with Crippen molar-refractivity contribution in [3.63, 3.8) is 0 Å². The normalized spacial score (nSPS) is 16.7. The molecule has 0 aliphatic carbocycles. The molecule has 0 radical (unpaired) electrons. The van der Waals surface area contributed by atoms with Gasteiger partial charge in [0, 0.05) is 11.3 Å². The van der Waals surface area contributed by atoms with Crippen LogP contribution in [-0.4, -0.2) is 16.4 Å². The van der Waals surface area contributed by atoms with E-state index >= 15 is 0 Å². The number of nitrogens with zero attached hydrogens (tertiary/aromatic N) is 3. The Balaban J connectivity index is 1.41. The third-order valence-corrected chi connectivity index (χ3v) is 9.58. The topological polar surface area (TPSA) is 83.8 Å². The average molecular weight is 625 g/mol. The number of nitrogens with one attached hydrogen (secondary N) is 1. The van der Waals surface area contributed by atoms with Crippen molar-refractivity contribution in [3.8, 4) is 0 Å². The Bertz CT molecular complexity index is 2200. The molecule has 0 bridgehead atoms. The summed E-state index contributed by atoms with van der Waals surface area (Å²) >= 11 is 1.20. The van der Waals surface area contributed by atoms with Crippen molar-refractivity contribution in [2.75, 3.05) is 10.2 Å². The molecule has 1 atom stereocenters. The largest absolute Gasteiger partial charge is 0.322 e. The molecule has 1 aromatic heterocycles. The van der Waals surface area contributed by atoms with E-state index in [4.69, 9.17) is 4.99 Å². The predicted octanol–water partition coefficient (Wildman–Crippen LogP) is 5.91. The molecule has 0 saturated heterocycles. The quantitative estimate of drug-likeness (QED) is 0.255. The average Bonchev–Trinajstić information content (AvgIpc) is 3.53. The molecule has 0 unspecified atom stereocenters. The van der Waals surface area contributed by atoms with E-state index in [0.717, 1.165) is 22.4 Å². The van der Waals surface area contributed by atoms with Crippen LogP contribution in [-0.2, 0) is 16.1 Å². The van der Waals surface area contributed by atoms with Crippen LogP contribution in [0.15, 0.2) is 130 Å². The van der Waals surface area contributed by atoms with Gasteiger partial charge in [-0.3, -0.25) is 19.0 Å². The first-order valence-corrected chi connectivity index (χ1v) is 16.1. The van der Waals surface area contributed by atoms with Crippen LogP contribution in [0.4, 0.5) is 11.4 Å². The fourth-order valence-electron chi connectivity index (χ4n) is 6.18. The first-order valence-electron chi connectivity index (χ1n) is 15.3. The molecule has 8 heteroatoms. The summed E-state index contributed by atoms with van der Waals surface area (Å²) in [5.41, 5.74) is 5.97. The summed E-state index contributed by atoms with van der Waals surface area (Å²) in [5.74, 6) is -0.242. The summed E-state index contributed by atoms with van der Waals surface area (Å²) in [6.07, 6.45) is 0. The number of aromatic nitrogens is 1. The van der Waals surface area contributed by atoms with E-state index in [1.165, 1.54) is 11.3 Å². The number of carbonyl (C=O) groups excluding carboxylic acids is 2. The molecule has 4 aromatic carbocycles. The monoisotopic (exact) mass is 624 g/mol. The van der Waals surface area contributed by atoms with Crippen molar-refractivity contribution in [3.05, 3.63) is 162 Å². The van der Waals surface area contributed by atoms with E-state index in [2.05, 4.69) is 19.2 Å². The maximum Gasteiger partial charge on any atom is 0.271 e. The molecule has 0 spiro atoms. The Morgan fingerprint density at radius 3 is 2.22 bits per heavy atom. The minimum absolute atomic E-state index is 0.231. The zero-order valence-electron chi connectivity index (χ0n) is 25.7. The van der Waals surface area contributed by atoms with E-state index in [-0.39, 0.29) is 17.4 Å². The zero-order chi connectivity index (χ0) is 31.9. The number of carbonyl (C=O) groups is 2. The van der Waals surface area contributed by atoms with Gasteiger partial charge in [-0.1, -0.05) is 116 Å². The number of hydrogen-bond donors (Lipinski definition) is 1. The number of allylic oxidation sites excluding steroid dienone is 1.